The Kier molecular flexibility index (Phi) is 8.23. The Morgan fingerprint density at radius 2 is 1.76 bits per heavy atom. The van der Waals surface area contributed by atoms with Crippen molar-refractivity contribution in [1.82, 2.24) is 0 Å². The second-order valence-corrected chi connectivity index (χ2v) is 8.50. The molecule has 0 aliphatic rings. The number of amides is 1. The second kappa shape index (κ2) is 11.3. The number of carbonyl (C=O) groups excluding carboxylic acids is 2. The quantitative estimate of drug-likeness (QED) is 0.236. The average Bonchev–Trinajstić information content (AvgIpc) is 2.83. The van der Waals surface area contributed by atoms with E-state index in [2.05, 4.69) is 39.0 Å². The van der Waals surface area contributed by atoms with Gasteiger partial charge in [0, 0.05) is 15.7 Å². The first-order chi connectivity index (χ1) is 16.3. The lowest BCUT2D eigenvalue weighted by atomic mass is 10.1. The summed E-state index contributed by atoms with van der Waals surface area (Å²) in [5, 5.41) is 12.3. The molecule has 0 saturated heterocycles. The zero-order valence-electron chi connectivity index (χ0n) is 19.0. The maximum Gasteiger partial charge on any atom is 0.337 e. The van der Waals surface area contributed by atoms with E-state index in [1.54, 1.807) is 24.3 Å². The summed E-state index contributed by atoms with van der Waals surface area (Å²) in [5.74, 6) is -0.503. The van der Waals surface area contributed by atoms with Gasteiger partial charge >= 0.3 is 5.97 Å². The van der Waals surface area contributed by atoms with Crippen molar-refractivity contribution < 1.29 is 19.1 Å². The number of hydrogen-bond donors (Lipinski definition) is 1. The largest absolute Gasteiger partial charge is 0.488 e. The number of esters is 1. The van der Waals surface area contributed by atoms with Gasteiger partial charge in [0.2, 0.25) is 0 Å². The van der Waals surface area contributed by atoms with Crippen LogP contribution in [-0.2, 0) is 16.1 Å². The van der Waals surface area contributed by atoms with Crippen molar-refractivity contribution in [2.75, 3.05) is 12.4 Å². The number of nitriles is 1. The molecule has 1 N–H and O–H groups in total. The Morgan fingerprint density at radius 3 is 2.41 bits per heavy atom. The Morgan fingerprint density at radius 1 is 1.03 bits per heavy atom. The zero-order chi connectivity index (χ0) is 24.7. The van der Waals surface area contributed by atoms with E-state index in [1.807, 2.05) is 31.2 Å². The molecule has 0 spiro atoms. The SMILES string of the molecule is COC(=O)c1ccc(NC(=O)/C(C#N)=C/c2cc(Br)ccc2OCc2ccc(C)c(C)c2)cc1. The fourth-order valence-electron chi connectivity index (χ4n) is 3.13. The summed E-state index contributed by atoms with van der Waals surface area (Å²) in [5.41, 5.74) is 4.71. The standard InChI is InChI=1S/C27H23BrN2O4/c1-17-4-5-19(12-18(17)2)16-34-25-11-8-23(28)14-21(25)13-22(15-29)26(31)30-24-9-6-20(7-10-24)27(32)33-3/h4-14H,16H2,1-3H3,(H,30,31)/b22-13+. The van der Waals surface area contributed by atoms with Crippen LogP contribution in [0, 0.1) is 25.2 Å². The number of nitrogens with zero attached hydrogens (tertiary/aromatic N) is 1. The van der Waals surface area contributed by atoms with E-state index in [0.29, 0.717) is 29.2 Å². The summed E-state index contributed by atoms with van der Waals surface area (Å²) in [6, 6.07) is 19.7. The number of nitrogens with one attached hydrogen (secondary N) is 1. The number of ether oxygens (including phenoxy) is 2. The molecule has 0 atom stereocenters. The summed E-state index contributed by atoms with van der Waals surface area (Å²) in [6.07, 6.45) is 1.48. The molecule has 34 heavy (non-hydrogen) atoms. The van der Waals surface area contributed by atoms with Crippen molar-refractivity contribution in [3.8, 4) is 11.8 Å². The summed E-state index contributed by atoms with van der Waals surface area (Å²) < 4.78 is 11.5. The Labute approximate surface area is 207 Å². The normalized spacial score (nSPS) is 10.9. The van der Waals surface area contributed by atoms with E-state index in [0.717, 1.165) is 10.0 Å². The van der Waals surface area contributed by atoms with Gasteiger partial charge < -0.3 is 14.8 Å². The minimum absolute atomic E-state index is 0.0915. The third kappa shape index (κ3) is 6.33. The molecule has 3 rings (SSSR count). The van der Waals surface area contributed by atoms with Crippen LogP contribution in [0.2, 0.25) is 0 Å². The average molecular weight is 519 g/mol. The number of benzene rings is 3. The molecule has 0 aromatic heterocycles. The predicted octanol–water partition coefficient (Wildman–Crippen LogP) is 5.98. The molecule has 0 aliphatic heterocycles. The molecule has 6 nitrogen and oxygen atoms in total. The monoisotopic (exact) mass is 518 g/mol. The van der Waals surface area contributed by atoms with Crippen molar-refractivity contribution in [2.24, 2.45) is 0 Å². The van der Waals surface area contributed by atoms with Gasteiger partial charge in [-0.1, -0.05) is 34.1 Å². The van der Waals surface area contributed by atoms with E-state index in [9.17, 15) is 14.9 Å². The predicted molar refractivity (Wildman–Crippen MR) is 134 cm³/mol. The number of carbonyl (C=O) groups is 2. The van der Waals surface area contributed by atoms with E-state index in [4.69, 9.17) is 4.74 Å². The molecule has 1 amide bonds. The molecule has 172 valence electrons. The van der Waals surface area contributed by atoms with Crippen LogP contribution < -0.4 is 10.1 Å². The third-order valence-electron chi connectivity index (χ3n) is 5.17. The lowest BCUT2D eigenvalue weighted by Gasteiger charge is -2.12. The van der Waals surface area contributed by atoms with Gasteiger partial charge in [-0.05, 0) is 79.1 Å². The number of rotatable bonds is 7. The number of hydrogen-bond acceptors (Lipinski definition) is 5. The lowest BCUT2D eigenvalue weighted by molar-refractivity contribution is -0.112. The zero-order valence-corrected chi connectivity index (χ0v) is 20.6. The van der Waals surface area contributed by atoms with Gasteiger partial charge in [0.1, 0.15) is 24.0 Å². The third-order valence-corrected chi connectivity index (χ3v) is 5.66. The first-order valence-electron chi connectivity index (χ1n) is 10.4. The van der Waals surface area contributed by atoms with Crippen LogP contribution in [0.15, 0.2) is 70.7 Å². The summed E-state index contributed by atoms with van der Waals surface area (Å²) >= 11 is 3.43. The van der Waals surface area contributed by atoms with Crippen molar-refractivity contribution in [2.45, 2.75) is 20.5 Å². The molecule has 0 unspecified atom stereocenters. The fraction of sp³-hybridized carbons (Fsp3) is 0.148. The Bertz CT molecular complexity index is 1290. The molecule has 0 heterocycles. The van der Waals surface area contributed by atoms with Crippen molar-refractivity contribution >= 4 is 39.6 Å². The first-order valence-corrected chi connectivity index (χ1v) is 11.2. The molecule has 0 aliphatic carbocycles. The van der Waals surface area contributed by atoms with E-state index >= 15 is 0 Å². The van der Waals surface area contributed by atoms with Gasteiger partial charge in [-0.2, -0.15) is 5.26 Å². The second-order valence-electron chi connectivity index (χ2n) is 7.58. The minimum Gasteiger partial charge on any atom is -0.488 e. The highest BCUT2D eigenvalue weighted by Gasteiger charge is 2.13. The van der Waals surface area contributed by atoms with Crippen LogP contribution in [-0.4, -0.2) is 19.0 Å². The van der Waals surface area contributed by atoms with Crippen molar-refractivity contribution in [1.29, 1.82) is 5.26 Å². The molecule has 0 fully saturated rings. The Hall–Kier alpha value is -3.89. The van der Waals surface area contributed by atoms with Gasteiger partial charge in [-0.3, -0.25) is 4.79 Å². The smallest absolute Gasteiger partial charge is 0.337 e. The number of anilines is 1. The van der Waals surface area contributed by atoms with Crippen LogP contribution in [0.25, 0.3) is 6.08 Å². The number of aryl methyl sites for hydroxylation is 2. The van der Waals surface area contributed by atoms with Gasteiger partial charge in [-0.15, -0.1) is 0 Å². The van der Waals surface area contributed by atoms with Crippen LogP contribution in [0.3, 0.4) is 0 Å². The van der Waals surface area contributed by atoms with Crippen LogP contribution in [0.5, 0.6) is 5.75 Å². The topological polar surface area (TPSA) is 88.4 Å². The van der Waals surface area contributed by atoms with Gasteiger partial charge in [0.25, 0.3) is 5.91 Å². The number of methoxy groups -OCH3 is 1. The van der Waals surface area contributed by atoms with Crippen LogP contribution in [0.1, 0.15) is 32.6 Å². The first kappa shape index (κ1) is 24.7. The summed E-state index contributed by atoms with van der Waals surface area (Å²) in [4.78, 5) is 24.3. The highest BCUT2D eigenvalue weighted by Crippen LogP contribution is 2.27. The molecule has 0 bridgehead atoms. The maximum absolute atomic E-state index is 12.7. The molecule has 3 aromatic carbocycles. The molecule has 3 aromatic rings. The van der Waals surface area contributed by atoms with E-state index in [1.165, 1.54) is 36.4 Å². The van der Waals surface area contributed by atoms with E-state index < -0.39 is 11.9 Å². The van der Waals surface area contributed by atoms with Gasteiger partial charge in [0.15, 0.2) is 0 Å². The molecular formula is C27H23BrN2O4. The lowest BCUT2D eigenvalue weighted by Crippen LogP contribution is -2.13. The Balaban J connectivity index is 1.79. The van der Waals surface area contributed by atoms with Crippen molar-refractivity contribution in [3.63, 3.8) is 0 Å². The van der Waals surface area contributed by atoms with Crippen LogP contribution >= 0.6 is 15.9 Å². The highest BCUT2D eigenvalue weighted by molar-refractivity contribution is 9.10. The van der Waals surface area contributed by atoms with Gasteiger partial charge in [-0.25, -0.2) is 4.79 Å². The molecule has 0 radical (unpaired) electrons. The van der Waals surface area contributed by atoms with Crippen LogP contribution in [0.4, 0.5) is 5.69 Å². The fourth-order valence-corrected chi connectivity index (χ4v) is 3.51. The molecule has 7 heteroatoms. The minimum atomic E-state index is -0.576. The molecule has 0 saturated carbocycles. The van der Waals surface area contributed by atoms with Crippen molar-refractivity contribution in [3.05, 3.63) is 98.5 Å². The summed E-state index contributed by atoms with van der Waals surface area (Å²) in [7, 11) is 1.30. The molecular weight excluding hydrogens is 496 g/mol. The maximum atomic E-state index is 12.7. The van der Waals surface area contributed by atoms with Gasteiger partial charge in [0.05, 0.1) is 12.7 Å². The number of halogens is 1. The summed E-state index contributed by atoms with van der Waals surface area (Å²) in [6.45, 7) is 4.46. The van der Waals surface area contributed by atoms with E-state index in [-0.39, 0.29) is 5.57 Å². The highest BCUT2D eigenvalue weighted by atomic mass is 79.9.